The number of nitrogens with one attached hydrogen (secondary N) is 2. The predicted octanol–water partition coefficient (Wildman–Crippen LogP) is 1.56. The maximum absolute atomic E-state index is 11.7. The van der Waals surface area contributed by atoms with E-state index in [1.807, 2.05) is 0 Å². The van der Waals surface area contributed by atoms with Gasteiger partial charge < -0.3 is 9.47 Å². The van der Waals surface area contributed by atoms with Crippen LogP contribution in [0.15, 0.2) is 23.1 Å². The standard InChI is InChI=1S/C12H18N2O5S/c1-4-18-11-7-6-9(20(16,17)13-3)8-10(11)14-12(15)19-5-2/h6-8,13H,4-5H2,1-3H3,(H,14,15). The van der Waals surface area contributed by atoms with E-state index in [1.54, 1.807) is 13.8 Å². The number of sulfonamides is 1. The molecule has 0 heterocycles. The largest absolute Gasteiger partial charge is 0.492 e. The lowest BCUT2D eigenvalue weighted by Gasteiger charge is -2.13. The maximum Gasteiger partial charge on any atom is 0.411 e. The van der Waals surface area contributed by atoms with Crippen LogP contribution in [0.4, 0.5) is 10.5 Å². The molecule has 0 aliphatic carbocycles. The first-order valence-corrected chi connectivity index (χ1v) is 7.57. The van der Waals surface area contributed by atoms with Crippen LogP contribution in [-0.4, -0.2) is 34.8 Å². The summed E-state index contributed by atoms with van der Waals surface area (Å²) < 4.78 is 35.8. The van der Waals surface area contributed by atoms with Gasteiger partial charge in [-0.15, -0.1) is 0 Å². The summed E-state index contributed by atoms with van der Waals surface area (Å²) in [6.07, 6.45) is -0.674. The van der Waals surface area contributed by atoms with Crippen molar-refractivity contribution in [2.24, 2.45) is 0 Å². The van der Waals surface area contributed by atoms with Crippen LogP contribution in [0.3, 0.4) is 0 Å². The molecular weight excluding hydrogens is 284 g/mol. The van der Waals surface area contributed by atoms with Crippen LogP contribution in [-0.2, 0) is 14.8 Å². The lowest BCUT2D eigenvalue weighted by molar-refractivity contribution is 0.167. The molecule has 7 nitrogen and oxygen atoms in total. The van der Waals surface area contributed by atoms with E-state index in [1.165, 1.54) is 25.2 Å². The second-order valence-corrected chi connectivity index (χ2v) is 5.53. The van der Waals surface area contributed by atoms with Crippen molar-refractivity contribution in [3.8, 4) is 5.75 Å². The van der Waals surface area contributed by atoms with E-state index < -0.39 is 16.1 Å². The van der Waals surface area contributed by atoms with Crippen molar-refractivity contribution < 1.29 is 22.7 Å². The van der Waals surface area contributed by atoms with Gasteiger partial charge in [0.25, 0.3) is 0 Å². The molecule has 8 heteroatoms. The first-order valence-electron chi connectivity index (χ1n) is 6.08. The Morgan fingerprint density at radius 3 is 2.50 bits per heavy atom. The molecular formula is C12H18N2O5S. The Hall–Kier alpha value is -1.80. The average molecular weight is 302 g/mol. The van der Waals surface area contributed by atoms with Gasteiger partial charge in [0, 0.05) is 0 Å². The van der Waals surface area contributed by atoms with Crippen LogP contribution in [0.2, 0.25) is 0 Å². The van der Waals surface area contributed by atoms with E-state index >= 15 is 0 Å². The molecule has 0 spiro atoms. The van der Waals surface area contributed by atoms with E-state index in [2.05, 4.69) is 10.0 Å². The van der Waals surface area contributed by atoms with E-state index in [0.29, 0.717) is 12.4 Å². The number of carbonyl (C=O) groups is 1. The van der Waals surface area contributed by atoms with Gasteiger partial charge in [0.1, 0.15) is 5.75 Å². The Morgan fingerprint density at radius 2 is 1.95 bits per heavy atom. The van der Waals surface area contributed by atoms with Crippen molar-refractivity contribution in [2.45, 2.75) is 18.7 Å². The Morgan fingerprint density at radius 1 is 1.25 bits per heavy atom. The third kappa shape index (κ3) is 4.10. The van der Waals surface area contributed by atoms with Gasteiger partial charge in [-0.2, -0.15) is 0 Å². The number of ether oxygens (including phenoxy) is 2. The smallest absolute Gasteiger partial charge is 0.411 e. The highest BCUT2D eigenvalue weighted by Gasteiger charge is 2.16. The molecule has 0 saturated heterocycles. The molecule has 0 fully saturated rings. The third-order valence-corrected chi connectivity index (χ3v) is 3.75. The summed E-state index contributed by atoms with van der Waals surface area (Å²) in [6, 6.07) is 4.19. The summed E-state index contributed by atoms with van der Waals surface area (Å²) in [4.78, 5) is 11.5. The number of rotatable bonds is 6. The van der Waals surface area contributed by atoms with Gasteiger partial charge in [-0.05, 0) is 39.1 Å². The Kier molecular flexibility index (Phi) is 5.78. The highest BCUT2D eigenvalue weighted by Crippen LogP contribution is 2.28. The fourth-order valence-corrected chi connectivity index (χ4v) is 2.21. The van der Waals surface area contributed by atoms with E-state index in [9.17, 15) is 13.2 Å². The molecule has 0 aromatic heterocycles. The maximum atomic E-state index is 11.7. The van der Waals surface area contributed by atoms with Gasteiger partial charge in [0.05, 0.1) is 23.8 Å². The molecule has 0 bridgehead atoms. The second kappa shape index (κ2) is 7.11. The first kappa shape index (κ1) is 16.3. The van der Waals surface area contributed by atoms with E-state index in [0.717, 1.165) is 0 Å². The highest BCUT2D eigenvalue weighted by molar-refractivity contribution is 7.89. The van der Waals surface area contributed by atoms with Crippen molar-refractivity contribution in [1.82, 2.24) is 4.72 Å². The molecule has 1 amide bonds. The molecule has 20 heavy (non-hydrogen) atoms. The SMILES string of the molecule is CCOC(=O)Nc1cc(S(=O)(=O)NC)ccc1OCC. The normalized spacial score (nSPS) is 10.9. The highest BCUT2D eigenvalue weighted by atomic mass is 32.2. The van der Waals surface area contributed by atoms with Crippen LogP contribution in [0.5, 0.6) is 5.75 Å². The fourth-order valence-electron chi connectivity index (χ4n) is 1.45. The van der Waals surface area contributed by atoms with Crippen molar-refractivity contribution in [3.63, 3.8) is 0 Å². The monoisotopic (exact) mass is 302 g/mol. The molecule has 0 saturated carbocycles. The number of anilines is 1. The second-order valence-electron chi connectivity index (χ2n) is 3.64. The summed E-state index contributed by atoms with van der Waals surface area (Å²) in [5.41, 5.74) is 0.238. The van der Waals surface area contributed by atoms with Gasteiger partial charge in [-0.25, -0.2) is 17.9 Å². The minimum absolute atomic E-state index is 0.0234. The number of amides is 1. The van der Waals surface area contributed by atoms with Gasteiger partial charge in [-0.1, -0.05) is 0 Å². The Balaban J connectivity index is 3.15. The van der Waals surface area contributed by atoms with Gasteiger partial charge >= 0.3 is 6.09 Å². The zero-order valence-corrected chi connectivity index (χ0v) is 12.4. The molecule has 0 aliphatic heterocycles. The van der Waals surface area contributed by atoms with E-state index in [4.69, 9.17) is 9.47 Å². The molecule has 0 atom stereocenters. The van der Waals surface area contributed by atoms with Crippen molar-refractivity contribution in [3.05, 3.63) is 18.2 Å². The quantitative estimate of drug-likeness (QED) is 0.831. The van der Waals surface area contributed by atoms with Crippen molar-refractivity contribution in [2.75, 3.05) is 25.6 Å². The molecule has 2 N–H and O–H groups in total. The summed E-state index contributed by atoms with van der Waals surface area (Å²) >= 11 is 0. The number of hydrogen-bond donors (Lipinski definition) is 2. The van der Waals surface area contributed by atoms with Crippen molar-refractivity contribution in [1.29, 1.82) is 0 Å². The topological polar surface area (TPSA) is 93.7 Å². The molecule has 112 valence electrons. The first-order chi connectivity index (χ1) is 9.44. The average Bonchev–Trinajstić information content (AvgIpc) is 2.41. The molecule has 0 aliphatic rings. The van der Waals surface area contributed by atoms with Crippen LogP contribution >= 0.6 is 0 Å². The summed E-state index contributed by atoms with van der Waals surface area (Å²) in [6.45, 7) is 4.05. The zero-order chi connectivity index (χ0) is 15.2. The third-order valence-electron chi connectivity index (χ3n) is 2.34. The number of benzene rings is 1. The minimum atomic E-state index is -3.60. The summed E-state index contributed by atoms with van der Waals surface area (Å²) in [7, 11) is -2.29. The molecule has 0 radical (unpaired) electrons. The Bertz CT molecular complexity index is 571. The zero-order valence-electron chi connectivity index (χ0n) is 11.6. The summed E-state index contributed by atoms with van der Waals surface area (Å²) in [5.74, 6) is 0.371. The van der Waals surface area contributed by atoms with Gasteiger partial charge in [0.15, 0.2) is 0 Å². The van der Waals surface area contributed by atoms with Crippen LogP contribution in [0.25, 0.3) is 0 Å². The lowest BCUT2D eigenvalue weighted by Crippen LogP contribution is -2.19. The fraction of sp³-hybridized carbons (Fsp3) is 0.417. The predicted molar refractivity (Wildman–Crippen MR) is 74.5 cm³/mol. The van der Waals surface area contributed by atoms with Crippen LogP contribution < -0.4 is 14.8 Å². The van der Waals surface area contributed by atoms with Gasteiger partial charge in [-0.3, -0.25) is 5.32 Å². The minimum Gasteiger partial charge on any atom is -0.492 e. The van der Waals surface area contributed by atoms with Crippen molar-refractivity contribution >= 4 is 21.8 Å². The Labute approximate surface area is 118 Å². The molecule has 0 unspecified atom stereocenters. The van der Waals surface area contributed by atoms with Gasteiger partial charge in [0.2, 0.25) is 10.0 Å². The molecule has 1 rings (SSSR count). The number of hydrogen-bond acceptors (Lipinski definition) is 5. The lowest BCUT2D eigenvalue weighted by atomic mass is 10.3. The summed E-state index contributed by atoms with van der Waals surface area (Å²) in [5, 5.41) is 2.45. The molecule has 1 aromatic carbocycles. The molecule has 1 aromatic rings. The van der Waals surface area contributed by atoms with E-state index in [-0.39, 0.29) is 17.2 Å². The van der Waals surface area contributed by atoms with Crippen LogP contribution in [0, 0.1) is 0 Å². The number of carbonyl (C=O) groups excluding carboxylic acids is 1. The van der Waals surface area contributed by atoms with Crippen LogP contribution in [0.1, 0.15) is 13.8 Å².